The maximum absolute atomic E-state index is 13.8. The Labute approximate surface area is 155 Å². The molecule has 0 unspecified atom stereocenters. The van der Waals surface area contributed by atoms with Gasteiger partial charge in [0.2, 0.25) is 10.0 Å². The predicted octanol–water partition coefficient (Wildman–Crippen LogP) is 2.23. The van der Waals surface area contributed by atoms with Crippen LogP contribution in [0.2, 0.25) is 0 Å². The predicted molar refractivity (Wildman–Crippen MR) is 97.7 cm³/mol. The highest BCUT2D eigenvalue weighted by Crippen LogP contribution is 2.34. The minimum Gasteiger partial charge on any atom is -0.381 e. The lowest BCUT2D eigenvalue weighted by molar-refractivity contribution is -0.0127. The Hall–Kier alpha value is -1.02. The maximum atomic E-state index is 13.8. The zero-order valence-corrected chi connectivity index (χ0v) is 15.8. The van der Waals surface area contributed by atoms with Crippen LogP contribution in [0.4, 0.5) is 4.39 Å². The van der Waals surface area contributed by atoms with Crippen molar-refractivity contribution in [3.63, 3.8) is 0 Å². The molecule has 1 saturated carbocycles. The summed E-state index contributed by atoms with van der Waals surface area (Å²) in [6, 6.07) is 6.90. The largest absolute Gasteiger partial charge is 0.381 e. The number of ether oxygens (including phenoxy) is 1. The molecule has 2 aliphatic heterocycles. The van der Waals surface area contributed by atoms with Crippen molar-refractivity contribution < 1.29 is 17.5 Å². The first-order chi connectivity index (χ1) is 12.5. The highest BCUT2D eigenvalue weighted by Gasteiger charge is 2.42. The van der Waals surface area contributed by atoms with Gasteiger partial charge in [-0.2, -0.15) is 4.31 Å². The van der Waals surface area contributed by atoms with Crippen molar-refractivity contribution in [2.45, 2.75) is 43.5 Å². The third-order valence-electron chi connectivity index (χ3n) is 5.81. The van der Waals surface area contributed by atoms with Gasteiger partial charge in [0, 0.05) is 50.5 Å². The van der Waals surface area contributed by atoms with Crippen molar-refractivity contribution >= 4 is 10.0 Å². The molecular weight excluding hydrogens is 355 g/mol. The molecule has 3 fully saturated rings. The van der Waals surface area contributed by atoms with Gasteiger partial charge in [-0.3, -0.25) is 4.90 Å². The van der Waals surface area contributed by atoms with Crippen LogP contribution in [0, 0.1) is 11.7 Å². The number of nitrogens with zero attached hydrogens (tertiary/aromatic N) is 2. The Bertz CT molecular complexity index is 726. The van der Waals surface area contributed by atoms with Gasteiger partial charge in [-0.25, -0.2) is 12.8 Å². The van der Waals surface area contributed by atoms with Crippen LogP contribution in [0.3, 0.4) is 0 Å². The molecule has 0 bridgehead atoms. The van der Waals surface area contributed by atoms with Gasteiger partial charge in [-0.1, -0.05) is 18.2 Å². The molecule has 5 nitrogen and oxygen atoms in total. The number of sulfonamides is 1. The lowest BCUT2D eigenvalue weighted by Crippen LogP contribution is -2.64. The summed E-state index contributed by atoms with van der Waals surface area (Å²) < 4.78 is 46.1. The van der Waals surface area contributed by atoms with Gasteiger partial charge in [0.05, 0.1) is 5.75 Å². The molecule has 7 heteroatoms. The van der Waals surface area contributed by atoms with Crippen molar-refractivity contribution in [1.82, 2.24) is 9.21 Å². The van der Waals surface area contributed by atoms with E-state index in [1.165, 1.54) is 23.2 Å². The Balaban J connectivity index is 1.38. The first kappa shape index (κ1) is 18.3. The summed E-state index contributed by atoms with van der Waals surface area (Å²) in [5.41, 5.74) is 0.246. The lowest BCUT2D eigenvalue weighted by atomic mass is 10.0. The van der Waals surface area contributed by atoms with Gasteiger partial charge >= 0.3 is 0 Å². The van der Waals surface area contributed by atoms with Crippen LogP contribution in [-0.2, 0) is 20.5 Å². The third kappa shape index (κ3) is 4.11. The van der Waals surface area contributed by atoms with E-state index in [4.69, 9.17) is 4.74 Å². The summed E-state index contributed by atoms with van der Waals surface area (Å²) in [6.07, 6.45) is 4.65. The SMILES string of the molecule is O=S(=O)(Cc1ccccc1F)N1CC(N(CC2CC2)C2CCOCC2)C1. The van der Waals surface area contributed by atoms with Crippen molar-refractivity contribution in [3.05, 3.63) is 35.6 Å². The van der Waals surface area contributed by atoms with Crippen LogP contribution in [0.5, 0.6) is 0 Å². The van der Waals surface area contributed by atoms with Crippen LogP contribution in [-0.4, -0.2) is 62.6 Å². The highest BCUT2D eigenvalue weighted by molar-refractivity contribution is 7.88. The Morgan fingerprint density at radius 2 is 1.77 bits per heavy atom. The first-order valence-corrected chi connectivity index (χ1v) is 11.2. The third-order valence-corrected chi connectivity index (χ3v) is 7.57. The molecule has 0 radical (unpaired) electrons. The molecule has 26 heavy (non-hydrogen) atoms. The van der Waals surface area contributed by atoms with E-state index in [0.29, 0.717) is 19.1 Å². The zero-order valence-electron chi connectivity index (χ0n) is 15.0. The number of hydrogen-bond donors (Lipinski definition) is 0. The van der Waals surface area contributed by atoms with Gasteiger partial charge in [-0.05, 0) is 37.7 Å². The monoisotopic (exact) mass is 382 g/mol. The van der Waals surface area contributed by atoms with E-state index in [9.17, 15) is 12.8 Å². The van der Waals surface area contributed by atoms with E-state index in [-0.39, 0.29) is 17.4 Å². The van der Waals surface area contributed by atoms with E-state index in [0.717, 1.165) is 38.5 Å². The highest BCUT2D eigenvalue weighted by atomic mass is 32.2. The Kier molecular flexibility index (Phi) is 5.32. The molecule has 3 aliphatic rings. The summed E-state index contributed by atoms with van der Waals surface area (Å²) in [7, 11) is -3.47. The van der Waals surface area contributed by atoms with Crippen LogP contribution >= 0.6 is 0 Å². The molecule has 0 aromatic heterocycles. The van der Waals surface area contributed by atoms with Crippen molar-refractivity contribution in [2.24, 2.45) is 5.92 Å². The average molecular weight is 383 g/mol. The summed E-state index contributed by atoms with van der Waals surface area (Å²) in [5, 5.41) is 0. The summed E-state index contributed by atoms with van der Waals surface area (Å²) in [6.45, 7) is 3.74. The molecule has 0 spiro atoms. The smallest absolute Gasteiger partial charge is 0.218 e. The fourth-order valence-electron chi connectivity index (χ4n) is 3.97. The normalized spacial score (nSPS) is 23.3. The second kappa shape index (κ2) is 7.54. The maximum Gasteiger partial charge on any atom is 0.218 e. The number of halogens is 1. The Morgan fingerprint density at radius 1 is 1.08 bits per heavy atom. The van der Waals surface area contributed by atoms with Crippen molar-refractivity contribution in [3.8, 4) is 0 Å². The second-order valence-corrected chi connectivity index (χ2v) is 9.77. The average Bonchev–Trinajstić information content (AvgIpc) is 3.39. The van der Waals surface area contributed by atoms with Crippen LogP contribution in [0.15, 0.2) is 24.3 Å². The topological polar surface area (TPSA) is 49.9 Å². The quantitative estimate of drug-likeness (QED) is 0.726. The molecule has 1 aliphatic carbocycles. The fraction of sp³-hybridized carbons (Fsp3) is 0.684. The molecule has 0 N–H and O–H groups in total. The van der Waals surface area contributed by atoms with E-state index in [2.05, 4.69) is 4.90 Å². The minimum absolute atomic E-state index is 0.246. The van der Waals surface area contributed by atoms with Gasteiger partial charge < -0.3 is 4.74 Å². The molecule has 4 rings (SSSR count). The van der Waals surface area contributed by atoms with Gasteiger partial charge in [-0.15, -0.1) is 0 Å². The van der Waals surface area contributed by atoms with E-state index in [1.54, 1.807) is 18.2 Å². The fourth-order valence-corrected chi connectivity index (χ4v) is 5.58. The summed E-state index contributed by atoms with van der Waals surface area (Å²) in [5.74, 6) is 0.0689. The van der Waals surface area contributed by atoms with Crippen molar-refractivity contribution in [2.75, 3.05) is 32.8 Å². The molecule has 0 amide bonds. The van der Waals surface area contributed by atoms with Crippen LogP contribution in [0.1, 0.15) is 31.2 Å². The molecular formula is C19H27FN2O3S. The summed E-state index contributed by atoms with van der Waals surface area (Å²) >= 11 is 0. The van der Waals surface area contributed by atoms with Crippen LogP contribution in [0.25, 0.3) is 0 Å². The van der Waals surface area contributed by atoms with Crippen molar-refractivity contribution in [1.29, 1.82) is 0 Å². The number of benzene rings is 1. The first-order valence-electron chi connectivity index (χ1n) is 9.57. The molecule has 1 aromatic carbocycles. The van der Waals surface area contributed by atoms with E-state index < -0.39 is 15.8 Å². The number of rotatable bonds is 7. The molecule has 144 valence electrons. The molecule has 1 aromatic rings. The minimum atomic E-state index is -3.47. The Morgan fingerprint density at radius 3 is 2.42 bits per heavy atom. The zero-order chi connectivity index (χ0) is 18.1. The molecule has 2 saturated heterocycles. The molecule has 0 atom stereocenters. The van der Waals surface area contributed by atoms with E-state index in [1.807, 2.05) is 0 Å². The second-order valence-electron chi connectivity index (χ2n) is 7.80. The summed E-state index contributed by atoms with van der Waals surface area (Å²) in [4.78, 5) is 2.54. The number of hydrogen-bond acceptors (Lipinski definition) is 4. The van der Waals surface area contributed by atoms with Crippen LogP contribution < -0.4 is 0 Å². The van der Waals surface area contributed by atoms with Gasteiger partial charge in [0.1, 0.15) is 5.82 Å². The van der Waals surface area contributed by atoms with Gasteiger partial charge in [0.15, 0.2) is 0 Å². The molecule has 2 heterocycles. The van der Waals surface area contributed by atoms with Gasteiger partial charge in [0.25, 0.3) is 0 Å². The standard InChI is InChI=1S/C19H27FN2O3S/c20-19-4-2-1-3-16(19)14-26(23,24)21-12-18(13-21)22(11-15-5-6-15)17-7-9-25-10-8-17/h1-4,15,17-18H,5-14H2. The van der Waals surface area contributed by atoms with E-state index >= 15 is 0 Å². The lowest BCUT2D eigenvalue weighted by Gasteiger charge is -2.48.